The fraction of sp³-hybridized carbons (Fsp3) is 0.684. The zero-order chi connectivity index (χ0) is 15.4. The fourth-order valence-electron chi connectivity index (χ4n) is 2.36. The van der Waals surface area contributed by atoms with Gasteiger partial charge in [-0.15, -0.1) is 0 Å². The first-order chi connectivity index (χ1) is 9.13. The van der Waals surface area contributed by atoms with Gasteiger partial charge in [0.2, 0.25) is 0 Å². The van der Waals surface area contributed by atoms with E-state index >= 15 is 0 Å². The average molecular weight is 275 g/mol. The first-order valence-corrected chi connectivity index (χ1v) is 7.94. The van der Waals surface area contributed by atoms with Crippen molar-refractivity contribution in [3.8, 4) is 0 Å². The van der Waals surface area contributed by atoms with Crippen LogP contribution in [0.1, 0.15) is 66.0 Å². The molecule has 0 unspecified atom stereocenters. The Labute approximate surface area is 126 Å². The maximum atomic E-state index is 3.55. The quantitative estimate of drug-likeness (QED) is 0.728. The van der Waals surface area contributed by atoms with E-state index in [0.29, 0.717) is 0 Å². The van der Waals surface area contributed by atoms with Gasteiger partial charge in [-0.3, -0.25) is 0 Å². The largest absolute Gasteiger partial charge is 0.316 e. The molecule has 0 saturated carbocycles. The van der Waals surface area contributed by atoms with Gasteiger partial charge in [-0.1, -0.05) is 72.7 Å². The SMILES string of the molecule is CC(C)CNCCC(C)(C)c1ccc(C(C)(C)C)cc1. The zero-order valence-electron chi connectivity index (χ0n) is 14.5. The Balaban J connectivity index is 2.63. The molecule has 0 atom stereocenters. The van der Waals surface area contributed by atoms with Crippen LogP contribution in [0.15, 0.2) is 24.3 Å². The molecule has 1 aromatic carbocycles. The van der Waals surface area contributed by atoms with Gasteiger partial charge in [0.05, 0.1) is 0 Å². The highest BCUT2D eigenvalue weighted by molar-refractivity contribution is 5.31. The number of hydrogen-bond donors (Lipinski definition) is 1. The van der Waals surface area contributed by atoms with Gasteiger partial charge in [0.15, 0.2) is 0 Å². The summed E-state index contributed by atoms with van der Waals surface area (Å²) < 4.78 is 0. The minimum absolute atomic E-state index is 0.237. The summed E-state index contributed by atoms with van der Waals surface area (Å²) in [5, 5.41) is 3.55. The first-order valence-electron chi connectivity index (χ1n) is 7.94. The van der Waals surface area contributed by atoms with Gasteiger partial charge >= 0.3 is 0 Å². The molecule has 0 heterocycles. The predicted molar refractivity (Wildman–Crippen MR) is 90.5 cm³/mol. The van der Waals surface area contributed by atoms with E-state index < -0.39 is 0 Å². The normalized spacial score (nSPS) is 13.0. The van der Waals surface area contributed by atoms with Crippen molar-refractivity contribution in [3.05, 3.63) is 35.4 Å². The third-order valence-electron chi connectivity index (χ3n) is 4.01. The van der Waals surface area contributed by atoms with Crippen molar-refractivity contribution in [2.24, 2.45) is 5.92 Å². The van der Waals surface area contributed by atoms with E-state index in [-0.39, 0.29) is 10.8 Å². The smallest absolute Gasteiger partial charge is 0.00258 e. The molecule has 0 spiro atoms. The number of rotatable bonds is 6. The molecule has 0 aliphatic carbocycles. The molecule has 1 N–H and O–H groups in total. The van der Waals surface area contributed by atoms with E-state index in [1.54, 1.807) is 0 Å². The Kier molecular flexibility index (Phi) is 5.82. The van der Waals surface area contributed by atoms with Crippen LogP contribution in [0.25, 0.3) is 0 Å². The maximum absolute atomic E-state index is 3.55. The molecule has 1 aromatic rings. The van der Waals surface area contributed by atoms with Crippen LogP contribution in [0.5, 0.6) is 0 Å². The highest BCUT2D eigenvalue weighted by Gasteiger charge is 2.21. The Hall–Kier alpha value is -0.820. The van der Waals surface area contributed by atoms with Crippen molar-refractivity contribution >= 4 is 0 Å². The molecular weight excluding hydrogens is 242 g/mol. The molecule has 114 valence electrons. The van der Waals surface area contributed by atoms with Crippen LogP contribution < -0.4 is 5.32 Å². The summed E-state index contributed by atoms with van der Waals surface area (Å²) >= 11 is 0. The number of benzene rings is 1. The lowest BCUT2D eigenvalue weighted by Crippen LogP contribution is -2.27. The van der Waals surface area contributed by atoms with Gasteiger partial charge in [0.1, 0.15) is 0 Å². The van der Waals surface area contributed by atoms with Crippen LogP contribution in [0, 0.1) is 5.92 Å². The zero-order valence-corrected chi connectivity index (χ0v) is 14.5. The highest BCUT2D eigenvalue weighted by atomic mass is 14.8. The van der Waals surface area contributed by atoms with Crippen molar-refractivity contribution in [2.75, 3.05) is 13.1 Å². The Morgan fingerprint density at radius 2 is 1.40 bits per heavy atom. The van der Waals surface area contributed by atoms with E-state index in [9.17, 15) is 0 Å². The third-order valence-corrected chi connectivity index (χ3v) is 4.01. The summed E-state index contributed by atoms with van der Waals surface area (Å²) in [4.78, 5) is 0. The van der Waals surface area contributed by atoms with E-state index in [0.717, 1.165) is 19.0 Å². The van der Waals surface area contributed by atoms with Gasteiger partial charge in [0, 0.05) is 0 Å². The van der Waals surface area contributed by atoms with Crippen molar-refractivity contribution in [1.82, 2.24) is 5.32 Å². The molecule has 0 radical (unpaired) electrons. The maximum Gasteiger partial charge on any atom is -0.00258 e. The molecule has 1 rings (SSSR count). The first kappa shape index (κ1) is 17.2. The molecule has 0 amide bonds. The summed E-state index contributed by atoms with van der Waals surface area (Å²) in [7, 11) is 0. The molecule has 0 aliphatic rings. The molecule has 0 aromatic heterocycles. The van der Waals surface area contributed by atoms with Gasteiger partial charge in [-0.05, 0) is 47.4 Å². The topological polar surface area (TPSA) is 12.0 Å². The second-order valence-corrected chi connectivity index (χ2v) is 8.06. The van der Waals surface area contributed by atoms with Crippen molar-refractivity contribution in [3.63, 3.8) is 0 Å². The number of nitrogens with one attached hydrogen (secondary N) is 1. The molecule has 20 heavy (non-hydrogen) atoms. The fourth-order valence-corrected chi connectivity index (χ4v) is 2.36. The van der Waals surface area contributed by atoms with Crippen LogP contribution in [0.3, 0.4) is 0 Å². The van der Waals surface area contributed by atoms with Crippen molar-refractivity contribution in [2.45, 2.75) is 65.7 Å². The van der Waals surface area contributed by atoms with Gasteiger partial charge in [-0.2, -0.15) is 0 Å². The lowest BCUT2D eigenvalue weighted by molar-refractivity contribution is 0.442. The average Bonchev–Trinajstić information content (AvgIpc) is 2.34. The molecule has 0 aliphatic heterocycles. The monoisotopic (exact) mass is 275 g/mol. The highest BCUT2D eigenvalue weighted by Crippen LogP contribution is 2.29. The second kappa shape index (κ2) is 6.76. The van der Waals surface area contributed by atoms with E-state index in [1.165, 1.54) is 17.5 Å². The minimum Gasteiger partial charge on any atom is -0.316 e. The van der Waals surface area contributed by atoms with Crippen LogP contribution in [-0.2, 0) is 10.8 Å². The Bertz CT molecular complexity index is 393. The standard InChI is InChI=1S/C19H33N/c1-15(2)14-20-13-12-19(6,7)17-10-8-16(9-11-17)18(3,4)5/h8-11,15,20H,12-14H2,1-7H3. The summed E-state index contributed by atoms with van der Waals surface area (Å²) in [6.07, 6.45) is 1.18. The van der Waals surface area contributed by atoms with Crippen LogP contribution in [0.2, 0.25) is 0 Å². The molecular formula is C19H33N. The van der Waals surface area contributed by atoms with E-state index in [2.05, 4.69) is 78.0 Å². The van der Waals surface area contributed by atoms with Crippen molar-refractivity contribution in [1.29, 1.82) is 0 Å². The van der Waals surface area contributed by atoms with E-state index in [4.69, 9.17) is 0 Å². The number of hydrogen-bond acceptors (Lipinski definition) is 1. The summed E-state index contributed by atoms with van der Waals surface area (Å²) in [6.45, 7) is 18.2. The van der Waals surface area contributed by atoms with Gasteiger partial charge in [0.25, 0.3) is 0 Å². The van der Waals surface area contributed by atoms with Crippen LogP contribution in [0.4, 0.5) is 0 Å². The predicted octanol–water partition coefficient (Wildman–Crippen LogP) is 4.90. The third kappa shape index (κ3) is 5.28. The van der Waals surface area contributed by atoms with Crippen molar-refractivity contribution < 1.29 is 0 Å². The summed E-state index contributed by atoms with van der Waals surface area (Å²) in [6, 6.07) is 9.20. The molecule has 0 bridgehead atoms. The molecule has 0 saturated heterocycles. The summed E-state index contributed by atoms with van der Waals surface area (Å²) in [5.41, 5.74) is 3.33. The molecule has 0 fully saturated rings. The Morgan fingerprint density at radius 3 is 1.85 bits per heavy atom. The van der Waals surface area contributed by atoms with E-state index in [1.807, 2.05) is 0 Å². The van der Waals surface area contributed by atoms with Crippen LogP contribution in [-0.4, -0.2) is 13.1 Å². The summed E-state index contributed by atoms with van der Waals surface area (Å²) in [5.74, 6) is 0.726. The molecule has 1 nitrogen and oxygen atoms in total. The Morgan fingerprint density at radius 1 is 0.900 bits per heavy atom. The lowest BCUT2D eigenvalue weighted by Gasteiger charge is -2.27. The van der Waals surface area contributed by atoms with Gasteiger partial charge < -0.3 is 5.32 Å². The second-order valence-electron chi connectivity index (χ2n) is 8.06. The van der Waals surface area contributed by atoms with Gasteiger partial charge in [-0.25, -0.2) is 0 Å². The van der Waals surface area contributed by atoms with Crippen LogP contribution >= 0.6 is 0 Å². The minimum atomic E-state index is 0.237. The molecule has 1 heteroatoms. The lowest BCUT2D eigenvalue weighted by atomic mass is 9.79.